The molecular formula is C14H19ClN6. The second-order valence-electron chi connectivity index (χ2n) is 5.79. The molecule has 0 saturated heterocycles. The first-order chi connectivity index (χ1) is 10.1. The summed E-state index contributed by atoms with van der Waals surface area (Å²) in [7, 11) is 0. The molecule has 1 saturated carbocycles. The smallest absolute Gasteiger partial charge is 0.256 e. The van der Waals surface area contributed by atoms with Crippen LogP contribution in [-0.2, 0) is 0 Å². The van der Waals surface area contributed by atoms with Crippen LogP contribution >= 0.6 is 11.6 Å². The van der Waals surface area contributed by atoms with Gasteiger partial charge in [-0.1, -0.05) is 13.8 Å². The lowest BCUT2D eigenvalue weighted by Gasteiger charge is -2.32. The van der Waals surface area contributed by atoms with Crippen LogP contribution in [0.25, 0.3) is 5.95 Å². The summed E-state index contributed by atoms with van der Waals surface area (Å²) < 4.78 is 1.57. The number of nitrogens with one attached hydrogen (secondary N) is 1. The lowest BCUT2D eigenvalue weighted by molar-refractivity contribution is 0.260. The van der Waals surface area contributed by atoms with Gasteiger partial charge in [0.25, 0.3) is 5.95 Å². The average molecular weight is 307 g/mol. The number of anilines is 1. The maximum Gasteiger partial charge on any atom is 0.256 e. The zero-order valence-corrected chi connectivity index (χ0v) is 13.0. The topological polar surface area (TPSA) is 68.5 Å². The van der Waals surface area contributed by atoms with Crippen LogP contribution in [0.1, 0.15) is 33.1 Å². The molecule has 0 spiro atoms. The predicted molar refractivity (Wildman–Crippen MR) is 81.5 cm³/mol. The number of hydrogen-bond donors (Lipinski definition) is 1. The molecule has 1 fully saturated rings. The normalized spacial score (nSPS) is 25.8. The summed E-state index contributed by atoms with van der Waals surface area (Å²) in [5.41, 5.74) is 0. The first-order valence-electron chi connectivity index (χ1n) is 7.30. The van der Waals surface area contributed by atoms with Gasteiger partial charge < -0.3 is 5.32 Å². The van der Waals surface area contributed by atoms with Crippen molar-refractivity contribution < 1.29 is 0 Å². The van der Waals surface area contributed by atoms with E-state index in [0.717, 1.165) is 18.8 Å². The summed E-state index contributed by atoms with van der Waals surface area (Å²) in [4.78, 5) is 12.7. The Morgan fingerprint density at radius 2 is 2.05 bits per heavy atom. The van der Waals surface area contributed by atoms with Crippen LogP contribution in [0.5, 0.6) is 0 Å². The van der Waals surface area contributed by atoms with E-state index in [9.17, 15) is 0 Å². The third-order valence-electron chi connectivity index (χ3n) is 4.24. The molecule has 6 nitrogen and oxygen atoms in total. The molecule has 0 aliphatic heterocycles. The third kappa shape index (κ3) is 3.32. The van der Waals surface area contributed by atoms with Crippen LogP contribution in [0.2, 0.25) is 5.28 Å². The molecule has 0 amide bonds. The summed E-state index contributed by atoms with van der Waals surface area (Å²) in [5, 5.41) is 7.68. The first kappa shape index (κ1) is 14.3. The third-order valence-corrected chi connectivity index (χ3v) is 4.41. The molecule has 1 N–H and O–H groups in total. The zero-order chi connectivity index (χ0) is 14.8. The van der Waals surface area contributed by atoms with E-state index in [4.69, 9.17) is 11.6 Å². The molecule has 2 aromatic heterocycles. The van der Waals surface area contributed by atoms with Crippen LogP contribution in [0.4, 0.5) is 5.95 Å². The van der Waals surface area contributed by atoms with Gasteiger partial charge in [-0.15, -0.1) is 0 Å². The molecule has 2 aromatic rings. The van der Waals surface area contributed by atoms with Crippen LogP contribution in [0, 0.1) is 11.8 Å². The molecule has 0 aromatic carbocycles. The Kier molecular flexibility index (Phi) is 4.05. The molecule has 3 rings (SSSR count). The highest BCUT2D eigenvalue weighted by Gasteiger charge is 2.25. The lowest BCUT2D eigenvalue weighted by Crippen LogP contribution is -2.31. The minimum Gasteiger partial charge on any atom is -0.351 e. The van der Waals surface area contributed by atoms with Crippen molar-refractivity contribution in [3.05, 3.63) is 23.7 Å². The summed E-state index contributed by atoms with van der Waals surface area (Å²) in [6.45, 7) is 4.62. The molecule has 7 heteroatoms. The number of rotatable bonds is 3. The molecule has 3 atom stereocenters. The van der Waals surface area contributed by atoms with Crippen molar-refractivity contribution in [2.24, 2.45) is 11.8 Å². The van der Waals surface area contributed by atoms with Crippen molar-refractivity contribution in [2.45, 2.75) is 39.2 Å². The van der Waals surface area contributed by atoms with E-state index in [1.807, 2.05) is 6.07 Å². The quantitative estimate of drug-likeness (QED) is 0.944. The molecule has 1 aliphatic carbocycles. The fourth-order valence-corrected chi connectivity index (χ4v) is 2.91. The maximum atomic E-state index is 5.99. The van der Waals surface area contributed by atoms with Crippen molar-refractivity contribution in [3.63, 3.8) is 0 Å². The summed E-state index contributed by atoms with van der Waals surface area (Å²) in [6.07, 6.45) is 6.94. The molecule has 0 radical (unpaired) electrons. The Morgan fingerprint density at radius 1 is 1.19 bits per heavy atom. The van der Waals surface area contributed by atoms with Gasteiger partial charge in [-0.2, -0.15) is 20.1 Å². The zero-order valence-electron chi connectivity index (χ0n) is 12.2. The first-order valence-corrected chi connectivity index (χ1v) is 7.67. The predicted octanol–water partition coefficient (Wildman–Crippen LogP) is 2.95. The van der Waals surface area contributed by atoms with Crippen LogP contribution in [0.3, 0.4) is 0 Å². The Hall–Kier alpha value is -1.69. The molecule has 2 heterocycles. The van der Waals surface area contributed by atoms with E-state index in [1.54, 1.807) is 17.1 Å². The highest BCUT2D eigenvalue weighted by Crippen LogP contribution is 2.30. The Morgan fingerprint density at radius 3 is 2.76 bits per heavy atom. The van der Waals surface area contributed by atoms with Crippen molar-refractivity contribution in [1.82, 2.24) is 24.7 Å². The standard InChI is InChI=1S/C14H19ClN6/c1-9-4-5-11(8-10(9)2)17-13-18-12(15)19-14(20-13)21-7-3-6-16-21/h3,6-7,9-11H,4-5,8H2,1-2H3,(H,17,18,19,20). The van der Waals surface area contributed by atoms with Crippen LogP contribution in [-0.4, -0.2) is 30.8 Å². The van der Waals surface area contributed by atoms with Crippen molar-refractivity contribution >= 4 is 17.5 Å². The highest BCUT2D eigenvalue weighted by atomic mass is 35.5. The van der Waals surface area contributed by atoms with Gasteiger partial charge in [0.15, 0.2) is 0 Å². The molecule has 112 valence electrons. The summed E-state index contributed by atoms with van der Waals surface area (Å²) in [6, 6.07) is 2.20. The number of hydrogen-bond acceptors (Lipinski definition) is 5. The van der Waals surface area contributed by atoms with E-state index in [2.05, 4.69) is 39.2 Å². The minimum atomic E-state index is 0.176. The Bertz CT molecular complexity index is 600. The molecule has 21 heavy (non-hydrogen) atoms. The SMILES string of the molecule is CC1CCC(Nc2nc(Cl)nc(-n3cccn3)n2)CC1C. The van der Waals surface area contributed by atoms with Gasteiger partial charge in [-0.25, -0.2) is 4.68 Å². The van der Waals surface area contributed by atoms with Gasteiger partial charge in [0.05, 0.1) is 0 Å². The monoisotopic (exact) mass is 306 g/mol. The highest BCUT2D eigenvalue weighted by molar-refractivity contribution is 6.28. The fourth-order valence-electron chi connectivity index (χ4n) is 2.75. The Labute approximate surface area is 129 Å². The van der Waals surface area contributed by atoms with E-state index >= 15 is 0 Å². The lowest BCUT2D eigenvalue weighted by atomic mass is 9.79. The van der Waals surface area contributed by atoms with Gasteiger partial charge in [0.2, 0.25) is 11.2 Å². The van der Waals surface area contributed by atoms with Gasteiger partial charge in [-0.3, -0.25) is 0 Å². The van der Waals surface area contributed by atoms with Crippen molar-refractivity contribution in [2.75, 3.05) is 5.32 Å². The van der Waals surface area contributed by atoms with Gasteiger partial charge in [-0.05, 0) is 48.8 Å². The van der Waals surface area contributed by atoms with Gasteiger partial charge >= 0.3 is 0 Å². The Balaban J connectivity index is 1.77. The number of nitrogens with zero attached hydrogens (tertiary/aromatic N) is 5. The second-order valence-corrected chi connectivity index (χ2v) is 6.13. The maximum absolute atomic E-state index is 5.99. The van der Waals surface area contributed by atoms with E-state index in [1.165, 1.54) is 6.42 Å². The molecule has 3 unspecified atom stereocenters. The minimum absolute atomic E-state index is 0.176. The van der Waals surface area contributed by atoms with E-state index in [0.29, 0.717) is 23.9 Å². The summed E-state index contributed by atoms with van der Waals surface area (Å²) in [5.74, 6) is 2.44. The van der Waals surface area contributed by atoms with Gasteiger partial charge in [0, 0.05) is 18.4 Å². The van der Waals surface area contributed by atoms with E-state index < -0.39 is 0 Å². The van der Waals surface area contributed by atoms with Crippen LogP contribution in [0.15, 0.2) is 18.5 Å². The second kappa shape index (κ2) is 5.97. The fraction of sp³-hybridized carbons (Fsp3) is 0.571. The molecule has 1 aliphatic rings. The largest absolute Gasteiger partial charge is 0.351 e. The molecule has 0 bridgehead atoms. The van der Waals surface area contributed by atoms with Crippen LogP contribution < -0.4 is 5.32 Å². The number of aromatic nitrogens is 5. The van der Waals surface area contributed by atoms with E-state index in [-0.39, 0.29) is 5.28 Å². The average Bonchev–Trinajstić information content (AvgIpc) is 2.96. The summed E-state index contributed by atoms with van der Waals surface area (Å²) >= 11 is 5.99. The van der Waals surface area contributed by atoms with Crippen molar-refractivity contribution in [3.8, 4) is 5.95 Å². The number of halogens is 1. The van der Waals surface area contributed by atoms with Gasteiger partial charge in [0.1, 0.15) is 0 Å². The molecular weight excluding hydrogens is 288 g/mol. The van der Waals surface area contributed by atoms with Crippen molar-refractivity contribution in [1.29, 1.82) is 0 Å².